The van der Waals surface area contributed by atoms with Gasteiger partial charge in [-0.15, -0.1) is 0 Å². The molecule has 0 aromatic heterocycles. The first kappa shape index (κ1) is 12.1. The lowest BCUT2D eigenvalue weighted by Gasteiger charge is -2.09. The van der Waals surface area contributed by atoms with Gasteiger partial charge in [-0.3, -0.25) is 0 Å². The highest BCUT2D eigenvalue weighted by Gasteiger charge is 2.05. The van der Waals surface area contributed by atoms with E-state index in [9.17, 15) is 0 Å². The van der Waals surface area contributed by atoms with E-state index in [0.717, 1.165) is 11.4 Å². The minimum Gasteiger partial charge on any atom is -0.0887 e. The molecule has 0 aliphatic heterocycles. The molecule has 0 spiro atoms. The maximum atomic E-state index is 5.97. The minimum atomic E-state index is 0.591. The molecule has 1 aromatic rings. The summed E-state index contributed by atoms with van der Waals surface area (Å²) in [6.45, 7) is 4.26. The summed E-state index contributed by atoms with van der Waals surface area (Å²) < 4.78 is 0. The molecule has 0 saturated carbocycles. The van der Waals surface area contributed by atoms with Crippen molar-refractivity contribution in [3.63, 3.8) is 0 Å². The van der Waals surface area contributed by atoms with Gasteiger partial charge in [0.15, 0.2) is 0 Å². The fraction of sp³-hybridized carbons (Fsp3) is 0.500. The first-order chi connectivity index (χ1) is 6.63. The zero-order valence-electron chi connectivity index (χ0n) is 8.69. The van der Waals surface area contributed by atoms with Crippen molar-refractivity contribution in [2.24, 2.45) is 0 Å². The van der Waals surface area contributed by atoms with Crippen molar-refractivity contribution < 1.29 is 0 Å². The largest absolute Gasteiger partial charge is 0.0887 e. The van der Waals surface area contributed by atoms with E-state index in [4.69, 9.17) is 11.6 Å². The summed E-state index contributed by atoms with van der Waals surface area (Å²) >= 11 is 9.65. The third kappa shape index (κ3) is 3.62. The van der Waals surface area contributed by atoms with Crippen molar-refractivity contribution in [1.82, 2.24) is 0 Å². The molecule has 2 heteroatoms. The van der Waals surface area contributed by atoms with Crippen LogP contribution >= 0.6 is 27.5 Å². The Hall–Kier alpha value is -0.0100. The number of aryl methyl sites for hydroxylation is 1. The first-order valence-electron chi connectivity index (χ1n) is 5.02. The van der Waals surface area contributed by atoms with E-state index in [1.54, 1.807) is 0 Å². The van der Waals surface area contributed by atoms with Crippen LogP contribution in [0.3, 0.4) is 0 Å². The fourth-order valence-corrected chi connectivity index (χ4v) is 2.45. The number of rotatable bonds is 4. The van der Waals surface area contributed by atoms with Crippen LogP contribution in [-0.2, 0) is 6.42 Å². The molecule has 78 valence electrons. The Labute approximate surface area is 99.8 Å². The normalized spacial score (nSPS) is 12.9. The Morgan fingerprint density at radius 2 is 2.14 bits per heavy atom. The second kappa shape index (κ2) is 5.77. The van der Waals surface area contributed by atoms with E-state index in [-0.39, 0.29) is 0 Å². The van der Waals surface area contributed by atoms with E-state index in [2.05, 4.69) is 41.9 Å². The zero-order chi connectivity index (χ0) is 10.6. The highest BCUT2D eigenvalue weighted by atomic mass is 79.9. The van der Waals surface area contributed by atoms with Gasteiger partial charge in [0, 0.05) is 9.85 Å². The number of halogens is 2. The van der Waals surface area contributed by atoms with Crippen molar-refractivity contribution in [3.05, 3.63) is 34.3 Å². The van der Waals surface area contributed by atoms with Crippen molar-refractivity contribution in [1.29, 1.82) is 0 Å². The van der Waals surface area contributed by atoms with Gasteiger partial charge in [-0.05, 0) is 37.0 Å². The molecule has 0 saturated heterocycles. The number of hydrogen-bond donors (Lipinski definition) is 0. The molecule has 0 N–H and O–H groups in total. The third-order valence-corrected chi connectivity index (χ3v) is 3.49. The molecule has 1 rings (SSSR count). The lowest BCUT2D eigenvalue weighted by atomic mass is 10.1. The molecule has 0 heterocycles. The second-order valence-electron chi connectivity index (χ2n) is 3.67. The Kier molecular flexibility index (Phi) is 4.97. The number of hydrogen-bond acceptors (Lipinski definition) is 0. The van der Waals surface area contributed by atoms with Crippen LogP contribution in [0, 0.1) is 6.92 Å². The lowest BCUT2D eigenvalue weighted by Crippen LogP contribution is -2.02. The Balaban J connectivity index is 2.63. The van der Waals surface area contributed by atoms with Gasteiger partial charge in [0.05, 0.1) is 0 Å². The van der Waals surface area contributed by atoms with Crippen LogP contribution in [0.5, 0.6) is 0 Å². The smallest absolute Gasteiger partial charge is 0.0435 e. The van der Waals surface area contributed by atoms with Crippen LogP contribution in [0.4, 0.5) is 0 Å². The average Bonchev–Trinajstić information content (AvgIpc) is 2.12. The van der Waals surface area contributed by atoms with Crippen LogP contribution < -0.4 is 0 Å². The summed E-state index contributed by atoms with van der Waals surface area (Å²) in [5.74, 6) is 0. The standard InChI is InChI=1S/C12H16BrCl/c1-3-4-11(13)8-10-5-6-12(14)9(2)7-10/h5-7,11H,3-4,8H2,1-2H3. The second-order valence-corrected chi connectivity index (χ2v) is 5.38. The van der Waals surface area contributed by atoms with E-state index in [1.807, 2.05) is 6.07 Å². The minimum absolute atomic E-state index is 0.591. The van der Waals surface area contributed by atoms with Gasteiger partial charge in [0.1, 0.15) is 0 Å². The summed E-state index contributed by atoms with van der Waals surface area (Å²) in [5.41, 5.74) is 2.53. The molecule has 14 heavy (non-hydrogen) atoms. The third-order valence-electron chi connectivity index (χ3n) is 2.28. The van der Waals surface area contributed by atoms with Crippen molar-refractivity contribution in [3.8, 4) is 0 Å². The molecule has 0 nitrogen and oxygen atoms in total. The molecule has 0 bridgehead atoms. The van der Waals surface area contributed by atoms with Crippen molar-refractivity contribution in [2.45, 2.75) is 37.9 Å². The molecule has 1 atom stereocenters. The van der Waals surface area contributed by atoms with Gasteiger partial charge < -0.3 is 0 Å². The van der Waals surface area contributed by atoms with Gasteiger partial charge in [-0.25, -0.2) is 0 Å². The Morgan fingerprint density at radius 1 is 1.43 bits per heavy atom. The molecule has 0 radical (unpaired) electrons. The number of alkyl halides is 1. The Bertz CT molecular complexity index is 296. The topological polar surface area (TPSA) is 0 Å². The summed E-state index contributed by atoms with van der Waals surface area (Å²) in [7, 11) is 0. The molecule has 0 fully saturated rings. The first-order valence-corrected chi connectivity index (χ1v) is 6.32. The van der Waals surface area contributed by atoms with E-state index in [1.165, 1.54) is 24.0 Å². The maximum Gasteiger partial charge on any atom is 0.0435 e. The van der Waals surface area contributed by atoms with Gasteiger partial charge in [-0.2, -0.15) is 0 Å². The van der Waals surface area contributed by atoms with Gasteiger partial charge in [-0.1, -0.05) is 53.0 Å². The molecule has 0 amide bonds. The molecule has 1 aromatic carbocycles. The highest BCUT2D eigenvalue weighted by Crippen LogP contribution is 2.20. The average molecular weight is 276 g/mol. The predicted octanol–water partition coefficient (Wildman–Crippen LogP) is 4.75. The zero-order valence-corrected chi connectivity index (χ0v) is 11.0. The molecular weight excluding hydrogens is 259 g/mol. The van der Waals surface area contributed by atoms with E-state index < -0.39 is 0 Å². The van der Waals surface area contributed by atoms with Gasteiger partial charge in [0.25, 0.3) is 0 Å². The maximum absolute atomic E-state index is 5.97. The van der Waals surface area contributed by atoms with Crippen molar-refractivity contribution >= 4 is 27.5 Å². The lowest BCUT2D eigenvalue weighted by molar-refractivity contribution is 0.744. The summed E-state index contributed by atoms with van der Waals surface area (Å²) in [6, 6.07) is 6.27. The number of benzene rings is 1. The van der Waals surface area contributed by atoms with Crippen LogP contribution in [-0.4, -0.2) is 4.83 Å². The quantitative estimate of drug-likeness (QED) is 0.695. The van der Waals surface area contributed by atoms with E-state index >= 15 is 0 Å². The summed E-state index contributed by atoms with van der Waals surface area (Å²) in [4.78, 5) is 0.591. The summed E-state index contributed by atoms with van der Waals surface area (Å²) in [5, 5.41) is 0.857. The predicted molar refractivity (Wildman–Crippen MR) is 67.5 cm³/mol. The van der Waals surface area contributed by atoms with Crippen LogP contribution in [0.1, 0.15) is 30.9 Å². The van der Waals surface area contributed by atoms with Gasteiger partial charge >= 0.3 is 0 Å². The van der Waals surface area contributed by atoms with Gasteiger partial charge in [0.2, 0.25) is 0 Å². The fourth-order valence-electron chi connectivity index (χ4n) is 1.50. The highest BCUT2D eigenvalue weighted by molar-refractivity contribution is 9.09. The summed E-state index contributed by atoms with van der Waals surface area (Å²) in [6.07, 6.45) is 3.54. The molecule has 0 aliphatic rings. The SMILES string of the molecule is CCCC(Br)Cc1ccc(Cl)c(C)c1. The monoisotopic (exact) mass is 274 g/mol. The van der Waals surface area contributed by atoms with Crippen molar-refractivity contribution in [2.75, 3.05) is 0 Å². The van der Waals surface area contributed by atoms with Crippen LogP contribution in [0.15, 0.2) is 18.2 Å². The Morgan fingerprint density at radius 3 is 2.71 bits per heavy atom. The molecule has 1 unspecified atom stereocenters. The van der Waals surface area contributed by atoms with E-state index in [0.29, 0.717) is 4.83 Å². The molecular formula is C12H16BrCl. The van der Waals surface area contributed by atoms with Crippen LogP contribution in [0.25, 0.3) is 0 Å². The molecule has 0 aliphatic carbocycles. The van der Waals surface area contributed by atoms with Crippen LogP contribution in [0.2, 0.25) is 5.02 Å².